The first kappa shape index (κ1) is 23.3. The summed E-state index contributed by atoms with van der Waals surface area (Å²) < 4.78 is 0. The van der Waals surface area contributed by atoms with Crippen molar-refractivity contribution in [1.82, 2.24) is 15.6 Å². The molecule has 168 valence electrons. The van der Waals surface area contributed by atoms with Gasteiger partial charge in [0.25, 0.3) is 0 Å². The smallest absolute Gasteiger partial charge is 0.309 e. The number of hydrazone groups is 1. The second kappa shape index (κ2) is 11.3. The lowest BCUT2D eigenvalue weighted by atomic mass is 9.88. The summed E-state index contributed by atoms with van der Waals surface area (Å²) in [5.41, 5.74) is 3.57. The van der Waals surface area contributed by atoms with Crippen LogP contribution in [0.25, 0.3) is 0 Å². The van der Waals surface area contributed by atoms with E-state index in [0.717, 1.165) is 50.0 Å². The maximum Gasteiger partial charge on any atom is 0.309 e. The van der Waals surface area contributed by atoms with Gasteiger partial charge in [0.2, 0.25) is 11.7 Å². The summed E-state index contributed by atoms with van der Waals surface area (Å²) in [6.45, 7) is 5.19. The van der Waals surface area contributed by atoms with Gasteiger partial charge in [0.05, 0.1) is 6.04 Å². The molecule has 1 aromatic rings. The Balaban J connectivity index is 1.58. The van der Waals surface area contributed by atoms with E-state index in [1.807, 2.05) is 44.2 Å². The van der Waals surface area contributed by atoms with E-state index in [-0.39, 0.29) is 17.7 Å². The maximum absolute atomic E-state index is 12.8. The molecule has 1 saturated heterocycles. The Kier molecular flexibility index (Phi) is 8.51. The molecule has 8 heteroatoms. The van der Waals surface area contributed by atoms with E-state index in [9.17, 15) is 14.4 Å². The van der Waals surface area contributed by atoms with Gasteiger partial charge in [0.15, 0.2) is 5.17 Å². The quantitative estimate of drug-likeness (QED) is 0.475. The van der Waals surface area contributed by atoms with Gasteiger partial charge in [-0.15, -0.1) is 5.10 Å². The number of amidine groups is 1. The van der Waals surface area contributed by atoms with Gasteiger partial charge in [-0.25, -0.2) is 5.43 Å². The predicted octanol–water partition coefficient (Wildman–Crippen LogP) is 2.91. The zero-order chi connectivity index (χ0) is 22.2. The molecular formula is C23H32N4O3S. The molecular weight excluding hydrogens is 412 g/mol. The number of amides is 2. The summed E-state index contributed by atoms with van der Waals surface area (Å²) in [6, 6.07) is 9.20. The third-order valence-electron chi connectivity index (χ3n) is 5.78. The molecule has 2 fully saturated rings. The van der Waals surface area contributed by atoms with E-state index in [1.165, 1.54) is 0 Å². The van der Waals surface area contributed by atoms with E-state index in [2.05, 4.69) is 20.7 Å². The highest BCUT2D eigenvalue weighted by atomic mass is 32.2. The summed E-state index contributed by atoms with van der Waals surface area (Å²) in [4.78, 5) is 40.0. The van der Waals surface area contributed by atoms with Crippen LogP contribution in [0, 0.1) is 11.8 Å². The fraction of sp³-hybridized carbons (Fsp3) is 0.565. The van der Waals surface area contributed by atoms with Crippen LogP contribution in [0.5, 0.6) is 0 Å². The van der Waals surface area contributed by atoms with Crippen molar-refractivity contribution in [2.75, 3.05) is 12.3 Å². The predicted molar refractivity (Wildman–Crippen MR) is 123 cm³/mol. The standard InChI is InChI=1S/C23H32N4O3S/c1-16(2)19(24-21(29)18-11-7-4-8-12-18)20(28)22(30)25-26-23-27(13-14-31-23)15-17-9-5-3-6-10-17/h3,5-6,9-10,16,18-19H,4,7-8,11-15H2,1-2H3,(H,24,29)(H,25,30)/t19-/m0/s1. The summed E-state index contributed by atoms with van der Waals surface area (Å²) >= 11 is 1.55. The van der Waals surface area contributed by atoms with Gasteiger partial charge >= 0.3 is 5.91 Å². The number of hydrogen-bond donors (Lipinski definition) is 2. The fourth-order valence-electron chi connectivity index (χ4n) is 3.95. The summed E-state index contributed by atoms with van der Waals surface area (Å²) in [5, 5.41) is 7.72. The molecule has 1 aliphatic heterocycles. The first-order valence-electron chi connectivity index (χ1n) is 11.1. The highest BCUT2D eigenvalue weighted by Crippen LogP contribution is 2.24. The Labute approximate surface area is 188 Å². The van der Waals surface area contributed by atoms with Crippen molar-refractivity contribution >= 4 is 34.5 Å². The lowest BCUT2D eigenvalue weighted by molar-refractivity contribution is -0.141. The molecule has 0 radical (unpaired) electrons. The lowest BCUT2D eigenvalue weighted by Gasteiger charge is -2.25. The van der Waals surface area contributed by atoms with Crippen LogP contribution in [0.15, 0.2) is 35.4 Å². The molecule has 0 unspecified atom stereocenters. The summed E-state index contributed by atoms with van der Waals surface area (Å²) in [5.74, 6) is -0.933. The molecule has 7 nitrogen and oxygen atoms in total. The van der Waals surface area contributed by atoms with Crippen molar-refractivity contribution in [3.8, 4) is 0 Å². The molecule has 1 aliphatic carbocycles. The second-order valence-electron chi connectivity index (χ2n) is 8.52. The van der Waals surface area contributed by atoms with Gasteiger partial charge in [-0.3, -0.25) is 14.4 Å². The topological polar surface area (TPSA) is 90.9 Å². The molecule has 1 heterocycles. The van der Waals surface area contributed by atoms with E-state index in [1.54, 1.807) is 11.8 Å². The van der Waals surface area contributed by atoms with Crippen molar-refractivity contribution in [3.05, 3.63) is 35.9 Å². The van der Waals surface area contributed by atoms with Crippen molar-refractivity contribution in [1.29, 1.82) is 0 Å². The van der Waals surface area contributed by atoms with Crippen LogP contribution in [-0.2, 0) is 20.9 Å². The van der Waals surface area contributed by atoms with Crippen LogP contribution < -0.4 is 10.7 Å². The van der Waals surface area contributed by atoms with Crippen molar-refractivity contribution in [2.45, 2.75) is 58.5 Å². The molecule has 1 aromatic carbocycles. The highest BCUT2D eigenvalue weighted by Gasteiger charge is 2.32. The number of ketones is 1. The highest BCUT2D eigenvalue weighted by molar-refractivity contribution is 8.14. The van der Waals surface area contributed by atoms with E-state index >= 15 is 0 Å². The van der Waals surface area contributed by atoms with Gasteiger partial charge in [-0.05, 0) is 24.3 Å². The zero-order valence-corrected chi connectivity index (χ0v) is 19.1. The average molecular weight is 445 g/mol. The number of Topliss-reactive ketones (excluding diaryl/α,β-unsaturated/α-hetero) is 1. The largest absolute Gasteiger partial charge is 0.345 e. The molecule has 0 aromatic heterocycles. The zero-order valence-electron chi connectivity index (χ0n) is 18.3. The van der Waals surface area contributed by atoms with Crippen LogP contribution in [-0.4, -0.2) is 46.0 Å². The SMILES string of the molecule is CC(C)[C@H](NC(=O)C1CCCCC1)C(=O)C(=O)NN=C1SCCN1Cc1ccccc1. The molecule has 0 bridgehead atoms. The molecule has 1 atom stereocenters. The monoisotopic (exact) mass is 444 g/mol. The normalized spacial score (nSPS) is 19.5. The first-order valence-corrected chi connectivity index (χ1v) is 12.1. The van der Waals surface area contributed by atoms with Crippen molar-refractivity contribution in [2.24, 2.45) is 16.9 Å². The Hall–Kier alpha value is -2.35. The van der Waals surface area contributed by atoms with E-state index in [4.69, 9.17) is 0 Å². The molecule has 0 spiro atoms. The number of benzene rings is 1. The molecule has 2 amide bonds. The second-order valence-corrected chi connectivity index (χ2v) is 9.58. The van der Waals surface area contributed by atoms with E-state index < -0.39 is 17.7 Å². The molecule has 1 saturated carbocycles. The Morgan fingerprint density at radius 1 is 1.13 bits per heavy atom. The van der Waals surface area contributed by atoms with Crippen LogP contribution in [0.1, 0.15) is 51.5 Å². The first-order chi connectivity index (χ1) is 15.0. The third-order valence-corrected chi connectivity index (χ3v) is 6.77. The van der Waals surface area contributed by atoms with Crippen LogP contribution in [0.3, 0.4) is 0 Å². The van der Waals surface area contributed by atoms with Gasteiger partial charge < -0.3 is 10.2 Å². The van der Waals surface area contributed by atoms with Crippen LogP contribution >= 0.6 is 11.8 Å². The number of rotatable bonds is 8. The Morgan fingerprint density at radius 3 is 2.52 bits per heavy atom. The fourth-order valence-corrected chi connectivity index (χ4v) is 4.90. The lowest BCUT2D eigenvalue weighted by Crippen LogP contribution is -2.51. The van der Waals surface area contributed by atoms with Gasteiger partial charge in [-0.1, -0.05) is 75.2 Å². The number of carbonyl (C=O) groups is 3. The van der Waals surface area contributed by atoms with Crippen LogP contribution in [0.4, 0.5) is 0 Å². The Bertz CT molecular complexity index is 806. The molecule has 31 heavy (non-hydrogen) atoms. The summed E-state index contributed by atoms with van der Waals surface area (Å²) in [7, 11) is 0. The minimum absolute atomic E-state index is 0.0625. The van der Waals surface area contributed by atoms with Gasteiger partial charge in [0.1, 0.15) is 0 Å². The van der Waals surface area contributed by atoms with Gasteiger partial charge in [-0.2, -0.15) is 0 Å². The molecule has 2 aliphatic rings. The summed E-state index contributed by atoms with van der Waals surface area (Å²) in [6.07, 6.45) is 4.91. The number of nitrogens with zero attached hydrogens (tertiary/aromatic N) is 2. The maximum atomic E-state index is 12.8. The number of thioether (sulfide) groups is 1. The Morgan fingerprint density at radius 2 is 1.84 bits per heavy atom. The van der Waals surface area contributed by atoms with E-state index in [0.29, 0.717) is 11.7 Å². The number of carbonyl (C=O) groups excluding carboxylic acids is 3. The average Bonchev–Trinajstić information content (AvgIpc) is 3.23. The minimum atomic E-state index is -0.841. The third kappa shape index (κ3) is 6.56. The van der Waals surface area contributed by atoms with Crippen molar-refractivity contribution in [3.63, 3.8) is 0 Å². The minimum Gasteiger partial charge on any atom is -0.345 e. The molecule has 3 rings (SSSR count). The number of hydrogen-bond acceptors (Lipinski definition) is 5. The van der Waals surface area contributed by atoms with Gasteiger partial charge in [0, 0.05) is 24.8 Å². The molecule has 2 N–H and O–H groups in total. The number of nitrogens with one attached hydrogen (secondary N) is 2. The van der Waals surface area contributed by atoms with Crippen molar-refractivity contribution < 1.29 is 14.4 Å². The van der Waals surface area contributed by atoms with Crippen LogP contribution in [0.2, 0.25) is 0 Å².